The number of urea groups is 1. The first-order valence-electron chi connectivity index (χ1n) is 7.79. The minimum atomic E-state index is -2.97. The Morgan fingerprint density at radius 2 is 2.27 bits per heavy atom. The van der Waals surface area contributed by atoms with Gasteiger partial charge in [0.05, 0.1) is 0 Å². The van der Waals surface area contributed by atoms with Gasteiger partial charge in [-0.3, -0.25) is 4.98 Å². The molecule has 0 saturated heterocycles. The highest BCUT2D eigenvalue weighted by Crippen LogP contribution is 2.44. The second kappa shape index (κ2) is 5.82. The molecule has 0 aliphatic heterocycles. The first-order chi connectivity index (χ1) is 10.4. The Morgan fingerprint density at radius 3 is 2.91 bits per heavy atom. The number of hydrogen-bond donors (Lipinski definition) is 2. The van der Waals surface area contributed by atoms with E-state index in [-0.39, 0.29) is 27.2 Å². The van der Waals surface area contributed by atoms with Crippen LogP contribution in [0.15, 0.2) is 18.3 Å². The molecule has 6 heteroatoms. The maximum atomic E-state index is 13.2. The van der Waals surface area contributed by atoms with Crippen LogP contribution in [0.4, 0.5) is 13.6 Å². The molecule has 2 aliphatic carbocycles. The highest BCUT2D eigenvalue weighted by Gasteiger charge is 2.40. The zero-order chi connectivity index (χ0) is 15.7. The molecule has 1 aromatic rings. The molecule has 0 aromatic carbocycles. The van der Waals surface area contributed by atoms with Crippen molar-refractivity contribution in [1.82, 2.24) is 15.6 Å². The van der Waals surface area contributed by atoms with Crippen molar-refractivity contribution in [2.45, 2.75) is 51.1 Å². The van der Waals surface area contributed by atoms with Gasteiger partial charge in [0, 0.05) is 28.6 Å². The number of aromatic nitrogens is 1. The van der Waals surface area contributed by atoms with Crippen LogP contribution in [0.3, 0.4) is 0 Å². The smallest absolute Gasteiger partial charge is 0.315 e. The van der Waals surface area contributed by atoms with E-state index in [1.807, 2.05) is 0 Å². The number of alkyl halides is 2. The summed E-state index contributed by atoms with van der Waals surface area (Å²) in [4.78, 5) is 15.6. The van der Waals surface area contributed by atoms with Crippen LogP contribution in [-0.2, 0) is 12.5 Å². The van der Waals surface area contributed by atoms with E-state index < -0.39 is 5.92 Å². The van der Waals surface area contributed by atoms with Crippen LogP contribution in [-0.4, -0.2) is 17.1 Å². The third-order valence-electron chi connectivity index (χ3n) is 4.78. The summed E-state index contributed by atoms with van der Waals surface area (Å²) in [6, 6.07) is 3.01. The summed E-state index contributed by atoms with van der Waals surface area (Å²) in [6.07, 6.45) is 6.13. The summed E-state index contributed by atoms with van der Waals surface area (Å²) in [5.74, 6) is -1.59. The van der Waals surface area contributed by atoms with Gasteiger partial charge in [0.2, 0.25) is 0 Å². The number of pyridine rings is 1. The van der Waals surface area contributed by atoms with Crippen molar-refractivity contribution in [2.24, 2.45) is 11.8 Å². The van der Waals surface area contributed by atoms with Crippen LogP contribution in [0.1, 0.15) is 46.7 Å². The monoisotopic (exact) mass is 313 g/mol. The molecule has 1 aromatic heterocycles. The Balaban J connectivity index is 0.00000144. The highest BCUT2D eigenvalue weighted by atomic mass is 19.3. The van der Waals surface area contributed by atoms with Gasteiger partial charge in [-0.05, 0) is 48.8 Å². The lowest BCUT2D eigenvalue weighted by Gasteiger charge is -2.23. The molecule has 2 fully saturated rings. The van der Waals surface area contributed by atoms with Crippen LogP contribution in [0.2, 0.25) is 0 Å². The second-order valence-electron chi connectivity index (χ2n) is 6.55. The van der Waals surface area contributed by atoms with Crippen molar-refractivity contribution in [3.8, 4) is 0 Å². The molecule has 0 spiro atoms. The normalized spacial score (nSPS) is 27.0. The Kier molecular flexibility index (Phi) is 4.02. The zero-order valence-corrected chi connectivity index (χ0v) is 12.6. The van der Waals surface area contributed by atoms with Gasteiger partial charge in [-0.2, -0.15) is 8.78 Å². The number of rotatable bonds is 4. The summed E-state index contributed by atoms with van der Waals surface area (Å²) in [5.41, 5.74) is 0.343. The van der Waals surface area contributed by atoms with E-state index in [1.165, 1.54) is 31.5 Å². The Morgan fingerprint density at radius 1 is 1.45 bits per heavy atom. The quantitative estimate of drug-likeness (QED) is 0.891. The minimum Gasteiger partial charge on any atom is -0.335 e. The topological polar surface area (TPSA) is 54.0 Å². The summed E-state index contributed by atoms with van der Waals surface area (Å²) >= 11 is 0. The van der Waals surface area contributed by atoms with Crippen molar-refractivity contribution in [2.75, 3.05) is 0 Å². The maximum absolute atomic E-state index is 13.2. The van der Waals surface area contributed by atoms with Crippen molar-refractivity contribution in [3.05, 3.63) is 29.6 Å². The molecular formula is C16H25F2N3O. The predicted molar refractivity (Wildman–Crippen MR) is 82.6 cm³/mol. The summed E-state index contributed by atoms with van der Waals surface area (Å²) in [5, 5.41) is 5.75. The largest absolute Gasteiger partial charge is 0.335 e. The molecule has 2 aliphatic rings. The van der Waals surface area contributed by atoms with Gasteiger partial charge in [0.25, 0.3) is 5.92 Å². The molecule has 2 saturated carbocycles. The van der Waals surface area contributed by atoms with Crippen molar-refractivity contribution < 1.29 is 16.4 Å². The van der Waals surface area contributed by atoms with Crippen molar-refractivity contribution in [1.29, 1.82) is 0 Å². The van der Waals surface area contributed by atoms with E-state index in [9.17, 15) is 13.6 Å². The van der Waals surface area contributed by atoms with E-state index in [1.54, 1.807) is 6.07 Å². The van der Waals surface area contributed by atoms with Crippen LogP contribution < -0.4 is 10.6 Å². The zero-order valence-electron chi connectivity index (χ0n) is 12.6. The summed E-state index contributed by atoms with van der Waals surface area (Å²) in [7, 11) is 0. The number of carbonyl (C=O) groups is 1. The minimum absolute atomic E-state index is 0. The van der Waals surface area contributed by atoms with Gasteiger partial charge >= 0.3 is 6.03 Å². The first-order valence-corrected chi connectivity index (χ1v) is 7.79. The number of nitrogens with one attached hydrogen (secondary N) is 2. The van der Waals surface area contributed by atoms with E-state index >= 15 is 0 Å². The molecule has 2 amide bonds. The SMILES string of the molecule is CC(F)(F)c1cc(CNC(=O)N[C@H]2CC3CCC2C3)ccn1.[HH].[HH]. The van der Waals surface area contributed by atoms with Crippen LogP contribution in [0.5, 0.6) is 0 Å². The fraction of sp³-hybridized carbons (Fsp3) is 0.625. The molecular weight excluding hydrogens is 288 g/mol. The second-order valence-corrected chi connectivity index (χ2v) is 6.55. The first kappa shape index (κ1) is 15.2. The Labute approximate surface area is 131 Å². The van der Waals surface area contributed by atoms with E-state index in [0.717, 1.165) is 19.3 Å². The van der Waals surface area contributed by atoms with Crippen LogP contribution in [0.25, 0.3) is 0 Å². The summed E-state index contributed by atoms with van der Waals surface area (Å²) < 4.78 is 26.5. The van der Waals surface area contributed by atoms with Crippen molar-refractivity contribution >= 4 is 6.03 Å². The highest BCUT2D eigenvalue weighted by molar-refractivity contribution is 5.74. The summed E-state index contributed by atoms with van der Waals surface area (Å²) in [6.45, 7) is 1.03. The Hall–Kier alpha value is -1.72. The van der Waals surface area contributed by atoms with Gasteiger partial charge in [-0.1, -0.05) is 6.42 Å². The predicted octanol–water partition coefficient (Wildman–Crippen LogP) is 3.67. The van der Waals surface area contributed by atoms with Crippen LogP contribution >= 0.6 is 0 Å². The van der Waals surface area contributed by atoms with Crippen LogP contribution in [0, 0.1) is 11.8 Å². The Bertz CT molecular complexity index is 568. The average Bonchev–Trinajstić information content (AvgIpc) is 3.07. The van der Waals surface area contributed by atoms with E-state index in [4.69, 9.17) is 0 Å². The third kappa shape index (κ3) is 3.36. The van der Waals surface area contributed by atoms with Gasteiger partial charge in [0.1, 0.15) is 5.69 Å². The molecule has 2 bridgehead atoms. The average molecular weight is 313 g/mol. The molecule has 2 N–H and O–H groups in total. The number of hydrogen-bond acceptors (Lipinski definition) is 2. The molecule has 1 heterocycles. The lowest BCUT2D eigenvalue weighted by Crippen LogP contribution is -2.44. The van der Waals surface area contributed by atoms with E-state index in [2.05, 4.69) is 15.6 Å². The number of nitrogens with zero attached hydrogens (tertiary/aromatic N) is 1. The molecule has 2 unspecified atom stereocenters. The fourth-order valence-corrected chi connectivity index (χ4v) is 3.65. The van der Waals surface area contributed by atoms with Gasteiger partial charge in [-0.15, -0.1) is 0 Å². The van der Waals surface area contributed by atoms with Gasteiger partial charge in [-0.25, -0.2) is 4.79 Å². The molecule has 0 radical (unpaired) electrons. The number of carbonyl (C=O) groups excluding carboxylic acids is 1. The van der Waals surface area contributed by atoms with E-state index in [0.29, 0.717) is 11.5 Å². The van der Waals surface area contributed by atoms with Gasteiger partial charge in [0.15, 0.2) is 0 Å². The third-order valence-corrected chi connectivity index (χ3v) is 4.78. The molecule has 3 atom stereocenters. The fourth-order valence-electron chi connectivity index (χ4n) is 3.65. The molecule has 3 rings (SSSR count). The van der Waals surface area contributed by atoms with Gasteiger partial charge < -0.3 is 10.6 Å². The maximum Gasteiger partial charge on any atom is 0.315 e. The number of fused-ring (bicyclic) bond motifs is 2. The standard InChI is InChI=1S/C16H21F2N3O.2H2/c1-16(17,18)14-8-11(4-5-19-14)9-20-15(22)21-13-7-10-2-3-12(13)6-10;;/h4-5,8,10,12-13H,2-3,6-7,9H2,1H3,(H2,20,21,22);2*1H/t10?,12?,13-;;/m0../s1. The molecule has 124 valence electrons. The molecule has 4 nitrogen and oxygen atoms in total. The lowest BCUT2D eigenvalue weighted by atomic mass is 9.95. The number of halogens is 2. The van der Waals surface area contributed by atoms with Crippen molar-refractivity contribution in [3.63, 3.8) is 0 Å². The lowest BCUT2D eigenvalue weighted by molar-refractivity contribution is 0.0127. The molecule has 22 heavy (non-hydrogen) atoms. The number of amides is 2.